The Labute approximate surface area is 72.1 Å². The van der Waals surface area contributed by atoms with Crippen molar-refractivity contribution in [2.24, 2.45) is 0 Å². The predicted octanol–water partition coefficient (Wildman–Crippen LogP) is 3.21. The highest BCUT2D eigenvalue weighted by Crippen LogP contribution is 2.19. The lowest BCUT2D eigenvalue weighted by molar-refractivity contribution is 0.0622. The third-order valence-corrected chi connectivity index (χ3v) is 2.31. The molecule has 0 heterocycles. The van der Waals surface area contributed by atoms with E-state index in [1.807, 2.05) is 0 Å². The molecule has 0 N–H and O–H groups in total. The average molecular weight is 174 g/mol. The van der Waals surface area contributed by atoms with Crippen LogP contribution in [0.1, 0.15) is 44.9 Å². The summed E-state index contributed by atoms with van der Waals surface area (Å²) in [7, 11) is 0. The highest BCUT2D eigenvalue weighted by atomic mass is 19.1. The van der Waals surface area contributed by atoms with Crippen molar-refractivity contribution in [1.29, 1.82) is 0 Å². The van der Waals surface area contributed by atoms with Crippen LogP contribution in [0.5, 0.6) is 0 Å². The summed E-state index contributed by atoms with van der Waals surface area (Å²) in [5.41, 5.74) is 0. The van der Waals surface area contributed by atoms with E-state index in [1.54, 1.807) is 0 Å². The van der Waals surface area contributed by atoms with Crippen LogP contribution in [0.2, 0.25) is 0 Å². The van der Waals surface area contributed by atoms with Crippen molar-refractivity contribution in [3.8, 4) is 0 Å². The Balaban J connectivity index is 2.24. The van der Waals surface area contributed by atoms with E-state index in [2.05, 4.69) is 4.74 Å². The Morgan fingerprint density at radius 3 is 2.08 bits per heavy atom. The number of carbonyl (C=O) groups excluding carboxylic acids is 1. The van der Waals surface area contributed by atoms with Gasteiger partial charge in [-0.1, -0.05) is 19.3 Å². The van der Waals surface area contributed by atoms with Gasteiger partial charge in [0, 0.05) is 0 Å². The van der Waals surface area contributed by atoms with Crippen molar-refractivity contribution >= 4 is 6.22 Å². The first-order valence-corrected chi connectivity index (χ1v) is 4.65. The van der Waals surface area contributed by atoms with Crippen LogP contribution < -0.4 is 0 Å². The molecule has 2 nitrogen and oxygen atoms in total. The van der Waals surface area contributed by atoms with Crippen LogP contribution in [-0.4, -0.2) is 12.3 Å². The molecule has 0 aliphatic heterocycles. The molecule has 0 spiro atoms. The van der Waals surface area contributed by atoms with E-state index < -0.39 is 6.22 Å². The quantitative estimate of drug-likeness (QED) is 0.570. The Kier molecular flexibility index (Phi) is 4.05. The van der Waals surface area contributed by atoms with Gasteiger partial charge in [-0.15, -0.1) is 4.39 Å². The van der Waals surface area contributed by atoms with Crippen molar-refractivity contribution < 1.29 is 13.9 Å². The minimum Gasteiger partial charge on any atom is -0.437 e. The van der Waals surface area contributed by atoms with Gasteiger partial charge in [-0.25, -0.2) is 4.79 Å². The van der Waals surface area contributed by atoms with E-state index in [4.69, 9.17) is 0 Å². The number of hydrogen-bond donors (Lipinski definition) is 0. The number of hydrogen-bond acceptors (Lipinski definition) is 2. The first kappa shape index (κ1) is 9.49. The monoisotopic (exact) mass is 174 g/mol. The Morgan fingerprint density at radius 2 is 1.58 bits per heavy atom. The molecule has 1 saturated carbocycles. The van der Waals surface area contributed by atoms with E-state index >= 15 is 0 Å². The third kappa shape index (κ3) is 3.69. The van der Waals surface area contributed by atoms with Gasteiger partial charge in [-0.2, -0.15) is 0 Å². The Hall–Kier alpha value is -0.600. The van der Waals surface area contributed by atoms with Crippen LogP contribution in [0.15, 0.2) is 0 Å². The molecule has 1 aliphatic carbocycles. The summed E-state index contributed by atoms with van der Waals surface area (Å²) in [6, 6.07) is 0. The Morgan fingerprint density at radius 1 is 1.08 bits per heavy atom. The van der Waals surface area contributed by atoms with E-state index in [9.17, 15) is 9.18 Å². The molecule has 0 unspecified atom stereocenters. The summed E-state index contributed by atoms with van der Waals surface area (Å²) < 4.78 is 16.4. The van der Waals surface area contributed by atoms with E-state index in [0.29, 0.717) is 0 Å². The van der Waals surface area contributed by atoms with Gasteiger partial charge in [0.1, 0.15) is 6.10 Å². The molecule has 0 bridgehead atoms. The maximum Gasteiger partial charge on any atom is 0.495 e. The Bertz CT molecular complexity index is 139. The molecule has 1 aliphatic rings. The standard InChI is InChI=1S/C9H15FO2/c10-9(11)12-8-6-4-2-1-3-5-7-8/h8H,1-7H2. The topological polar surface area (TPSA) is 26.3 Å². The molecule has 1 rings (SSSR count). The zero-order valence-corrected chi connectivity index (χ0v) is 7.22. The van der Waals surface area contributed by atoms with Gasteiger partial charge in [0.15, 0.2) is 0 Å². The maximum absolute atomic E-state index is 11.9. The summed E-state index contributed by atoms with van der Waals surface area (Å²) in [4.78, 5) is 10.0. The first-order chi connectivity index (χ1) is 5.79. The van der Waals surface area contributed by atoms with Crippen LogP contribution in [0.25, 0.3) is 0 Å². The molecule has 0 radical (unpaired) electrons. The van der Waals surface area contributed by atoms with Crippen molar-refractivity contribution in [1.82, 2.24) is 0 Å². The molecular formula is C9H15FO2. The van der Waals surface area contributed by atoms with Gasteiger partial charge in [0.2, 0.25) is 0 Å². The SMILES string of the molecule is O=C(F)OC1CCCCCCC1. The summed E-state index contributed by atoms with van der Waals surface area (Å²) in [6.07, 6.45) is 5.60. The molecule has 0 atom stereocenters. The summed E-state index contributed by atoms with van der Waals surface area (Å²) >= 11 is 0. The molecule has 12 heavy (non-hydrogen) atoms. The number of rotatable bonds is 1. The fourth-order valence-corrected chi connectivity index (χ4v) is 1.67. The molecule has 70 valence electrons. The van der Waals surface area contributed by atoms with Crippen LogP contribution in [0.3, 0.4) is 0 Å². The molecule has 0 saturated heterocycles. The summed E-state index contributed by atoms with van der Waals surface area (Å²) in [5.74, 6) is 0. The lowest BCUT2D eigenvalue weighted by Crippen LogP contribution is -2.16. The van der Waals surface area contributed by atoms with Crippen LogP contribution >= 0.6 is 0 Å². The second kappa shape index (κ2) is 5.12. The van der Waals surface area contributed by atoms with E-state index in [-0.39, 0.29) is 6.10 Å². The van der Waals surface area contributed by atoms with Gasteiger partial charge in [0.25, 0.3) is 0 Å². The van der Waals surface area contributed by atoms with Crippen LogP contribution in [-0.2, 0) is 4.74 Å². The third-order valence-electron chi connectivity index (χ3n) is 2.31. The fraction of sp³-hybridized carbons (Fsp3) is 0.889. The lowest BCUT2D eigenvalue weighted by atomic mass is 9.99. The van der Waals surface area contributed by atoms with Gasteiger partial charge in [-0.3, -0.25) is 0 Å². The smallest absolute Gasteiger partial charge is 0.437 e. The number of carbonyl (C=O) groups is 1. The molecule has 0 aromatic heterocycles. The second-order valence-corrected chi connectivity index (χ2v) is 3.32. The van der Waals surface area contributed by atoms with Crippen molar-refractivity contribution in [2.75, 3.05) is 0 Å². The zero-order chi connectivity index (χ0) is 8.81. The van der Waals surface area contributed by atoms with Gasteiger partial charge < -0.3 is 4.74 Å². The zero-order valence-electron chi connectivity index (χ0n) is 7.22. The lowest BCUT2D eigenvalue weighted by Gasteiger charge is -2.17. The van der Waals surface area contributed by atoms with Gasteiger partial charge in [0.05, 0.1) is 0 Å². The second-order valence-electron chi connectivity index (χ2n) is 3.32. The number of halogens is 1. The highest BCUT2D eigenvalue weighted by molar-refractivity contribution is 5.58. The number of ether oxygens (including phenoxy) is 1. The van der Waals surface area contributed by atoms with Crippen molar-refractivity contribution in [2.45, 2.75) is 51.0 Å². The highest BCUT2D eigenvalue weighted by Gasteiger charge is 2.14. The summed E-state index contributed by atoms with van der Waals surface area (Å²) in [5, 5.41) is 0. The van der Waals surface area contributed by atoms with Crippen molar-refractivity contribution in [3.05, 3.63) is 0 Å². The minimum absolute atomic E-state index is 0.164. The van der Waals surface area contributed by atoms with E-state index in [1.165, 1.54) is 19.3 Å². The molecule has 0 amide bonds. The van der Waals surface area contributed by atoms with Gasteiger partial charge in [-0.05, 0) is 25.7 Å². The normalized spacial score (nSPS) is 21.1. The van der Waals surface area contributed by atoms with Gasteiger partial charge >= 0.3 is 6.22 Å². The first-order valence-electron chi connectivity index (χ1n) is 4.65. The minimum atomic E-state index is -1.62. The van der Waals surface area contributed by atoms with Crippen molar-refractivity contribution in [3.63, 3.8) is 0 Å². The largest absolute Gasteiger partial charge is 0.495 e. The molecule has 1 fully saturated rings. The van der Waals surface area contributed by atoms with E-state index in [0.717, 1.165) is 25.7 Å². The summed E-state index contributed by atoms with van der Waals surface area (Å²) in [6.45, 7) is 0. The predicted molar refractivity (Wildman–Crippen MR) is 43.7 cm³/mol. The van der Waals surface area contributed by atoms with Crippen LogP contribution in [0.4, 0.5) is 9.18 Å². The molecule has 3 heteroatoms. The van der Waals surface area contributed by atoms with Crippen LogP contribution in [0, 0.1) is 0 Å². The molecule has 0 aromatic rings. The maximum atomic E-state index is 11.9. The molecule has 0 aromatic carbocycles. The fourth-order valence-electron chi connectivity index (χ4n) is 1.67. The molecular weight excluding hydrogens is 159 g/mol. The average Bonchev–Trinajstić information content (AvgIpc) is 1.93.